The summed E-state index contributed by atoms with van der Waals surface area (Å²) >= 11 is 5.24. The predicted molar refractivity (Wildman–Crippen MR) is 120 cm³/mol. The molecule has 0 unspecified atom stereocenters. The summed E-state index contributed by atoms with van der Waals surface area (Å²) in [6.45, 7) is 3.70. The van der Waals surface area contributed by atoms with Gasteiger partial charge in [-0.1, -0.05) is 34.5 Å². The SMILES string of the molecule is CN=C(NCc1ncc(C)s1)NCC1(c2ccc(Br)cc2)CCC1.I. The second-order valence-electron chi connectivity index (χ2n) is 6.28. The van der Waals surface area contributed by atoms with Crippen molar-refractivity contribution in [3.63, 3.8) is 0 Å². The van der Waals surface area contributed by atoms with Gasteiger partial charge in [0.25, 0.3) is 0 Å². The molecular weight excluding hydrogens is 511 g/mol. The zero-order chi connectivity index (χ0) is 17.0. The van der Waals surface area contributed by atoms with Gasteiger partial charge in [0.05, 0.1) is 6.54 Å². The van der Waals surface area contributed by atoms with E-state index in [0.29, 0.717) is 6.54 Å². The summed E-state index contributed by atoms with van der Waals surface area (Å²) in [6, 6.07) is 8.74. The van der Waals surface area contributed by atoms with Gasteiger partial charge >= 0.3 is 0 Å². The monoisotopic (exact) mass is 534 g/mol. The molecule has 0 aliphatic heterocycles. The number of aliphatic imine (C=N–C) groups is 1. The summed E-state index contributed by atoms with van der Waals surface area (Å²) in [5.74, 6) is 0.839. The fourth-order valence-corrected chi connectivity index (χ4v) is 4.08. The lowest BCUT2D eigenvalue weighted by Crippen LogP contribution is -2.48. The van der Waals surface area contributed by atoms with Gasteiger partial charge in [0, 0.05) is 34.6 Å². The largest absolute Gasteiger partial charge is 0.356 e. The molecule has 7 heteroatoms. The Morgan fingerprint density at radius 1 is 1.28 bits per heavy atom. The Labute approximate surface area is 179 Å². The van der Waals surface area contributed by atoms with Crippen molar-refractivity contribution in [1.82, 2.24) is 15.6 Å². The van der Waals surface area contributed by atoms with Gasteiger partial charge in [0.1, 0.15) is 5.01 Å². The van der Waals surface area contributed by atoms with Crippen molar-refractivity contribution >= 4 is 57.2 Å². The highest BCUT2D eigenvalue weighted by Crippen LogP contribution is 2.43. The van der Waals surface area contributed by atoms with Crippen molar-refractivity contribution in [2.45, 2.75) is 38.1 Å². The standard InChI is InChI=1S/C18H23BrN4S.HI/c1-13-10-21-16(24-13)11-22-17(20-2)23-12-18(8-3-9-18)14-4-6-15(19)7-5-14;/h4-7,10H,3,8-9,11-12H2,1-2H3,(H2,20,22,23);1H. The third-order valence-corrected chi connectivity index (χ3v) is 6.10. The van der Waals surface area contributed by atoms with Crippen LogP contribution in [-0.4, -0.2) is 24.5 Å². The number of nitrogens with zero attached hydrogens (tertiary/aromatic N) is 2. The van der Waals surface area contributed by atoms with Crippen LogP contribution in [0.15, 0.2) is 39.9 Å². The first-order valence-electron chi connectivity index (χ1n) is 8.23. The van der Waals surface area contributed by atoms with Crippen LogP contribution in [0.25, 0.3) is 0 Å². The maximum atomic E-state index is 4.38. The quantitative estimate of drug-likeness (QED) is 0.334. The van der Waals surface area contributed by atoms with Crippen LogP contribution in [0, 0.1) is 6.92 Å². The average molecular weight is 535 g/mol. The van der Waals surface area contributed by atoms with Crippen LogP contribution in [0.3, 0.4) is 0 Å². The van der Waals surface area contributed by atoms with E-state index in [1.54, 1.807) is 11.3 Å². The van der Waals surface area contributed by atoms with Crippen molar-refractivity contribution in [2.75, 3.05) is 13.6 Å². The van der Waals surface area contributed by atoms with Gasteiger partial charge in [-0.15, -0.1) is 35.3 Å². The second-order valence-corrected chi connectivity index (χ2v) is 8.52. The molecule has 1 saturated carbocycles. The van der Waals surface area contributed by atoms with Crippen LogP contribution in [0.1, 0.15) is 34.7 Å². The van der Waals surface area contributed by atoms with Gasteiger partial charge < -0.3 is 10.6 Å². The number of guanidine groups is 1. The number of aromatic nitrogens is 1. The number of benzene rings is 1. The third kappa shape index (κ3) is 5.17. The summed E-state index contributed by atoms with van der Waals surface area (Å²) in [5, 5.41) is 7.95. The van der Waals surface area contributed by atoms with E-state index in [4.69, 9.17) is 0 Å². The Morgan fingerprint density at radius 3 is 2.52 bits per heavy atom. The Kier molecular flexibility index (Phi) is 7.69. The molecule has 0 amide bonds. The normalized spacial score (nSPS) is 15.9. The van der Waals surface area contributed by atoms with Crippen LogP contribution in [0.5, 0.6) is 0 Å². The Morgan fingerprint density at radius 2 is 2.00 bits per heavy atom. The molecule has 0 radical (unpaired) electrons. The minimum atomic E-state index is 0. The fourth-order valence-electron chi connectivity index (χ4n) is 3.09. The highest BCUT2D eigenvalue weighted by Gasteiger charge is 2.38. The first kappa shape index (κ1) is 20.6. The zero-order valence-electron chi connectivity index (χ0n) is 14.5. The summed E-state index contributed by atoms with van der Waals surface area (Å²) in [7, 11) is 1.81. The second kappa shape index (κ2) is 9.32. The topological polar surface area (TPSA) is 49.3 Å². The number of rotatable bonds is 5. The number of hydrogen-bond donors (Lipinski definition) is 2. The van der Waals surface area contributed by atoms with E-state index >= 15 is 0 Å². The minimum Gasteiger partial charge on any atom is -0.356 e. The van der Waals surface area contributed by atoms with Gasteiger partial charge in [0.15, 0.2) is 5.96 Å². The summed E-state index contributed by atoms with van der Waals surface area (Å²) < 4.78 is 1.13. The third-order valence-electron chi connectivity index (χ3n) is 4.66. The Hall–Kier alpha value is -0.670. The molecule has 1 heterocycles. The summed E-state index contributed by atoms with van der Waals surface area (Å²) in [5.41, 5.74) is 1.64. The molecule has 4 nitrogen and oxygen atoms in total. The molecule has 0 spiro atoms. The molecule has 0 bridgehead atoms. The Balaban J connectivity index is 0.00000225. The van der Waals surface area contributed by atoms with Crippen LogP contribution >= 0.6 is 51.2 Å². The molecule has 1 aliphatic rings. The number of nitrogens with one attached hydrogen (secondary N) is 2. The molecule has 2 N–H and O–H groups in total. The van der Waals surface area contributed by atoms with Gasteiger partial charge in [0.2, 0.25) is 0 Å². The first-order valence-corrected chi connectivity index (χ1v) is 9.84. The molecule has 1 aliphatic carbocycles. The van der Waals surface area contributed by atoms with Crippen molar-refractivity contribution in [1.29, 1.82) is 0 Å². The van der Waals surface area contributed by atoms with Gasteiger partial charge in [-0.25, -0.2) is 4.98 Å². The lowest BCUT2D eigenvalue weighted by Gasteiger charge is -2.43. The predicted octanol–water partition coefficient (Wildman–Crippen LogP) is 4.62. The van der Waals surface area contributed by atoms with E-state index < -0.39 is 0 Å². The number of halogens is 2. The van der Waals surface area contributed by atoms with Crippen LogP contribution in [-0.2, 0) is 12.0 Å². The maximum Gasteiger partial charge on any atom is 0.191 e. The number of thiazole rings is 1. The van der Waals surface area contributed by atoms with E-state index in [1.165, 1.54) is 29.7 Å². The minimum absolute atomic E-state index is 0. The van der Waals surface area contributed by atoms with E-state index in [-0.39, 0.29) is 29.4 Å². The van der Waals surface area contributed by atoms with E-state index in [2.05, 4.69) is 67.7 Å². The Bertz CT molecular complexity index is 710. The maximum absolute atomic E-state index is 4.38. The van der Waals surface area contributed by atoms with Crippen LogP contribution in [0.2, 0.25) is 0 Å². The molecule has 0 saturated heterocycles. The average Bonchev–Trinajstić information content (AvgIpc) is 2.96. The smallest absolute Gasteiger partial charge is 0.191 e. The van der Waals surface area contributed by atoms with Crippen molar-refractivity contribution in [3.8, 4) is 0 Å². The zero-order valence-corrected chi connectivity index (χ0v) is 19.2. The highest BCUT2D eigenvalue weighted by molar-refractivity contribution is 14.0. The molecule has 25 heavy (non-hydrogen) atoms. The van der Waals surface area contributed by atoms with E-state index in [0.717, 1.165) is 22.0 Å². The lowest BCUT2D eigenvalue weighted by molar-refractivity contribution is 0.244. The molecular formula is C18H24BrIN4S. The van der Waals surface area contributed by atoms with Crippen LogP contribution < -0.4 is 10.6 Å². The fraction of sp³-hybridized carbons (Fsp3) is 0.444. The summed E-state index contributed by atoms with van der Waals surface area (Å²) in [6.07, 6.45) is 5.66. The molecule has 1 fully saturated rings. The van der Waals surface area contributed by atoms with Gasteiger partial charge in [-0.05, 0) is 37.5 Å². The number of hydrogen-bond acceptors (Lipinski definition) is 3. The van der Waals surface area contributed by atoms with Crippen LogP contribution in [0.4, 0.5) is 0 Å². The molecule has 1 aromatic heterocycles. The van der Waals surface area contributed by atoms with Crippen molar-refractivity contribution in [2.24, 2.45) is 4.99 Å². The molecule has 1 aromatic carbocycles. The van der Waals surface area contributed by atoms with Crippen molar-refractivity contribution < 1.29 is 0 Å². The van der Waals surface area contributed by atoms with Gasteiger partial charge in [-0.3, -0.25) is 4.99 Å². The molecule has 3 rings (SSSR count). The molecule has 136 valence electrons. The molecule has 0 atom stereocenters. The van der Waals surface area contributed by atoms with E-state index in [9.17, 15) is 0 Å². The summed E-state index contributed by atoms with van der Waals surface area (Å²) in [4.78, 5) is 9.96. The lowest BCUT2D eigenvalue weighted by atomic mass is 9.64. The van der Waals surface area contributed by atoms with Crippen molar-refractivity contribution in [3.05, 3.63) is 50.4 Å². The van der Waals surface area contributed by atoms with E-state index in [1.807, 2.05) is 13.2 Å². The van der Waals surface area contributed by atoms with Gasteiger partial charge in [-0.2, -0.15) is 0 Å². The molecule has 2 aromatic rings. The highest BCUT2D eigenvalue weighted by atomic mass is 127. The first-order chi connectivity index (χ1) is 11.6. The number of aryl methyl sites for hydroxylation is 1.